The van der Waals surface area contributed by atoms with Gasteiger partial charge in [0, 0.05) is 11.9 Å². The van der Waals surface area contributed by atoms with Gasteiger partial charge in [0.2, 0.25) is 6.79 Å². The number of fused-ring (bicyclic) bond motifs is 1. The Morgan fingerprint density at radius 2 is 2.07 bits per heavy atom. The minimum atomic E-state index is 0.297. The van der Waals surface area contributed by atoms with Crippen LogP contribution in [0.3, 0.4) is 0 Å². The zero-order valence-electron chi connectivity index (χ0n) is 8.37. The Morgan fingerprint density at radius 3 is 2.93 bits per heavy atom. The maximum atomic E-state index is 5.57. The summed E-state index contributed by atoms with van der Waals surface area (Å²) < 4.78 is 16.0. The van der Waals surface area contributed by atoms with Crippen LogP contribution in [-0.2, 0) is 0 Å². The number of hydrogen-bond donors (Lipinski definition) is 0. The number of ether oxygens (including phenoxy) is 3. The van der Waals surface area contributed by atoms with Gasteiger partial charge in [-0.2, -0.15) is 0 Å². The van der Waals surface area contributed by atoms with Crippen molar-refractivity contribution in [2.24, 2.45) is 0 Å². The van der Waals surface area contributed by atoms with Crippen LogP contribution in [0.2, 0.25) is 0 Å². The van der Waals surface area contributed by atoms with Crippen molar-refractivity contribution in [3.63, 3.8) is 0 Å². The molecule has 1 aliphatic rings. The molecular formula is C11H13ClO3. The van der Waals surface area contributed by atoms with Gasteiger partial charge in [-0.15, -0.1) is 11.6 Å². The molecule has 15 heavy (non-hydrogen) atoms. The largest absolute Gasteiger partial charge is 0.493 e. The van der Waals surface area contributed by atoms with E-state index in [-0.39, 0.29) is 0 Å². The molecule has 3 nitrogen and oxygen atoms in total. The summed E-state index contributed by atoms with van der Waals surface area (Å²) in [7, 11) is 0. The fraction of sp³-hybridized carbons (Fsp3) is 0.455. The Labute approximate surface area is 93.9 Å². The maximum Gasteiger partial charge on any atom is 0.231 e. The first-order chi connectivity index (χ1) is 7.40. The van der Waals surface area contributed by atoms with Crippen LogP contribution in [0.5, 0.6) is 17.2 Å². The predicted octanol–water partition coefficient (Wildman–Crippen LogP) is 2.81. The number of benzene rings is 1. The van der Waals surface area contributed by atoms with Crippen LogP contribution >= 0.6 is 11.6 Å². The molecule has 0 saturated heterocycles. The quantitative estimate of drug-likeness (QED) is 0.573. The number of alkyl halides is 1. The van der Waals surface area contributed by atoms with Crippen molar-refractivity contribution in [3.05, 3.63) is 18.2 Å². The summed E-state index contributed by atoms with van der Waals surface area (Å²) in [4.78, 5) is 0. The van der Waals surface area contributed by atoms with Gasteiger partial charge in [0.05, 0.1) is 6.61 Å². The van der Waals surface area contributed by atoms with Crippen molar-refractivity contribution >= 4 is 11.6 Å². The van der Waals surface area contributed by atoms with Gasteiger partial charge in [0.15, 0.2) is 11.5 Å². The maximum absolute atomic E-state index is 5.57. The van der Waals surface area contributed by atoms with E-state index in [2.05, 4.69) is 0 Å². The average molecular weight is 229 g/mol. The first-order valence-electron chi connectivity index (χ1n) is 4.98. The van der Waals surface area contributed by atoms with Crippen LogP contribution in [0, 0.1) is 0 Å². The average Bonchev–Trinajstić information content (AvgIpc) is 2.71. The molecule has 0 bridgehead atoms. The first-order valence-corrected chi connectivity index (χ1v) is 5.52. The van der Waals surface area contributed by atoms with Gasteiger partial charge in [-0.05, 0) is 25.0 Å². The van der Waals surface area contributed by atoms with E-state index < -0.39 is 0 Å². The summed E-state index contributed by atoms with van der Waals surface area (Å²) in [6, 6.07) is 5.59. The molecule has 0 radical (unpaired) electrons. The second kappa shape index (κ2) is 5.12. The molecule has 1 heterocycles. The van der Waals surface area contributed by atoms with Crippen LogP contribution < -0.4 is 14.2 Å². The molecule has 0 atom stereocenters. The molecule has 1 aromatic rings. The minimum Gasteiger partial charge on any atom is -0.493 e. The molecule has 1 aromatic carbocycles. The SMILES string of the molecule is ClCCCCOc1ccc2c(c1)OCO2. The van der Waals surface area contributed by atoms with Crippen molar-refractivity contribution < 1.29 is 14.2 Å². The van der Waals surface area contributed by atoms with Gasteiger partial charge in [0.25, 0.3) is 0 Å². The lowest BCUT2D eigenvalue weighted by atomic mass is 10.3. The van der Waals surface area contributed by atoms with Gasteiger partial charge in [-0.3, -0.25) is 0 Å². The van der Waals surface area contributed by atoms with Crippen molar-refractivity contribution in [1.29, 1.82) is 0 Å². The Kier molecular flexibility index (Phi) is 3.56. The van der Waals surface area contributed by atoms with Crippen molar-refractivity contribution in [2.45, 2.75) is 12.8 Å². The standard InChI is InChI=1S/C11H13ClO3/c12-5-1-2-6-13-9-3-4-10-11(7-9)15-8-14-10/h3-4,7H,1-2,5-6,8H2. The van der Waals surface area contributed by atoms with E-state index in [0.717, 1.165) is 30.1 Å². The molecule has 4 heteroatoms. The third-order valence-electron chi connectivity index (χ3n) is 2.14. The summed E-state index contributed by atoms with van der Waals surface area (Å²) in [6.07, 6.45) is 1.95. The summed E-state index contributed by atoms with van der Waals surface area (Å²) in [5.74, 6) is 3.03. The summed E-state index contributed by atoms with van der Waals surface area (Å²) in [5, 5.41) is 0. The molecule has 0 spiro atoms. The Morgan fingerprint density at radius 1 is 1.20 bits per heavy atom. The molecule has 0 unspecified atom stereocenters. The Balaban J connectivity index is 1.87. The fourth-order valence-corrected chi connectivity index (χ4v) is 1.54. The molecule has 0 aromatic heterocycles. The topological polar surface area (TPSA) is 27.7 Å². The Hall–Kier alpha value is -1.09. The third-order valence-corrected chi connectivity index (χ3v) is 2.41. The van der Waals surface area contributed by atoms with Crippen LogP contribution in [0.4, 0.5) is 0 Å². The molecule has 0 aliphatic carbocycles. The van der Waals surface area contributed by atoms with Crippen molar-refractivity contribution in [3.8, 4) is 17.2 Å². The molecule has 0 saturated carbocycles. The normalized spacial score (nSPS) is 12.9. The molecule has 0 N–H and O–H groups in total. The lowest BCUT2D eigenvalue weighted by molar-refractivity contribution is 0.173. The number of unbranched alkanes of at least 4 members (excludes halogenated alkanes) is 1. The molecule has 1 aliphatic heterocycles. The van der Waals surface area contributed by atoms with Crippen LogP contribution in [0.15, 0.2) is 18.2 Å². The van der Waals surface area contributed by atoms with E-state index in [9.17, 15) is 0 Å². The zero-order chi connectivity index (χ0) is 10.5. The van der Waals surface area contributed by atoms with Crippen LogP contribution in [0.25, 0.3) is 0 Å². The monoisotopic (exact) mass is 228 g/mol. The highest BCUT2D eigenvalue weighted by molar-refractivity contribution is 6.17. The second-order valence-corrected chi connectivity index (χ2v) is 3.64. The fourth-order valence-electron chi connectivity index (χ4n) is 1.35. The molecule has 2 rings (SSSR count). The summed E-state index contributed by atoms with van der Waals surface area (Å²) in [6.45, 7) is 0.984. The Bertz CT molecular complexity index is 328. The van der Waals surface area contributed by atoms with E-state index in [1.807, 2.05) is 18.2 Å². The predicted molar refractivity (Wildman–Crippen MR) is 58.0 cm³/mol. The highest BCUT2D eigenvalue weighted by Crippen LogP contribution is 2.35. The lowest BCUT2D eigenvalue weighted by Gasteiger charge is -2.05. The van der Waals surface area contributed by atoms with E-state index in [0.29, 0.717) is 19.3 Å². The van der Waals surface area contributed by atoms with E-state index in [1.165, 1.54) is 0 Å². The highest BCUT2D eigenvalue weighted by Gasteiger charge is 2.13. The lowest BCUT2D eigenvalue weighted by Crippen LogP contribution is -1.97. The third kappa shape index (κ3) is 2.69. The van der Waals surface area contributed by atoms with Gasteiger partial charge in [0.1, 0.15) is 5.75 Å². The van der Waals surface area contributed by atoms with Gasteiger partial charge in [-0.1, -0.05) is 0 Å². The molecule has 0 fully saturated rings. The van der Waals surface area contributed by atoms with E-state index in [1.54, 1.807) is 0 Å². The number of hydrogen-bond acceptors (Lipinski definition) is 3. The first kappa shape index (κ1) is 10.4. The number of rotatable bonds is 5. The van der Waals surface area contributed by atoms with Crippen molar-refractivity contribution in [1.82, 2.24) is 0 Å². The smallest absolute Gasteiger partial charge is 0.231 e. The zero-order valence-corrected chi connectivity index (χ0v) is 9.13. The van der Waals surface area contributed by atoms with Gasteiger partial charge < -0.3 is 14.2 Å². The molecule has 82 valence electrons. The van der Waals surface area contributed by atoms with Crippen molar-refractivity contribution in [2.75, 3.05) is 19.3 Å². The van der Waals surface area contributed by atoms with E-state index >= 15 is 0 Å². The molecular weight excluding hydrogens is 216 g/mol. The number of halogens is 1. The highest BCUT2D eigenvalue weighted by atomic mass is 35.5. The second-order valence-electron chi connectivity index (χ2n) is 3.26. The summed E-state index contributed by atoms with van der Waals surface area (Å²) >= 11 is 5.57. The minimum absolute atomic E-state index is 0.297. The van der Waals surface area contributed by atoms with Gasteiger partial charge in [-0.25, -0.2) is 0 Å². The molecule has 0 amide bonds. The van der Waals surface area contributed by atoms with E-state index in [4.69, 9.17) is 25.8 Å². The van der Waals surface area contributed by atoms with Gasteiger partial charge >= 0.3 is 0 Å². The van der Waals surface area contributed by atoms with Crippen LogP contribution in [0.1, 0.15) is 12.8 Å². The summed E-state index contributed by atoms with van der Waals surface area (Å²) in [5.41, 5.74) is 0. The van der Waals surface area contributed by atoms with Crippen LogP contribution in [-0.4, -0.2) is 19.3 Å².